The number of carbonyl (C=O) groups is 4. The van der Waals surface area contributed by atoms with Crippen molar-refractivity contribution in [2.45, 2.75) is 128 Å². The Balaban J connectivity index is 0.000000193. The molecule has 0 saturated carbocycles. The number of carbonyl (C=O) groups excluding carboxylic acids is 3. The number of hydrogen-bond acceptors (Lipinski definition) is 9. The topological polar surface area (TPSA) is 204 Å². The van der Waals surface area contributed by atoms with E-state index in [-0.39, 0.29) is 30.7 Å². The summed E-state index contributed by atoms with van der Waals surface area (Å²) in [5, 5.41) is 17.9. The molecule has 4 heterocycles. The van der Waals surface area contributed by atoms with Gasteiger partial charge in [-0.3, -0.25) is 9.59 Å². The number of likely N-dealkylation sites (tertiary alicyclic amines) is 1. The lowest BCUT2D eigenvalue weighted by Gasteiger charge is -2.33. The highest BCUT2D eigenvalue weighted by atomic mass is 79.9. The number of aromatic amines is 2. The van der Waals surface area contributed by atoms with Crippen molar-refractivity contribution in [3.63, 3.8) is 0 Å². The van der Waals surface area contributed by atoms with Crippen LogP contribution in [-0.4, -0.2) is 103 Å². The molecule has 2 aromatic heterocycles. The Bertz CT molecular complexity index is 2600. The normalized spacial score (nSPS) is 16.9. The SMILES string of the molecule is CC(C)(C)OC(=O)N[C@@H](CC(=O)N1CCC[C@@H](c2nc3ccccc3[nH]2)C1)Cc1ccc(Br)cc1.CC(C)(C)OC(=O)N[C@@H](CC(=O)O)Cc1ccc(Br)cc1.c1ccc2[nH]c([C@@H]3CCCNC3)nc2c1. The van der Waals surface area contributed by atoms with Crippen LogP contribution in [0.4, 0.5) is 9.59 Å². The third kappa shape index (κ3) is 18.4. The highest BCUT2D eigenvalue weighted by molar-refractivity contribution is 9.10. The molecule has 8 rings (SSSR count). The van der Waals surface area contributed by atoms with Crippen molar-refractivity contribution in [2.24, 2.45) is 0 Å². The Hall–Kier alpha value is -5.78. The number of alkyl carbamates (subject to hydrolysis) is 2. The number of hydrogen-bond donors (Lipinski definition) is 6. The van der Waals surface area contributed by atoms with Crippen LogP contribution in [0.3, 0.4) is 0 Å². The van der Waals surface area contributed by atoms with Gasteiger partial charge in [-0.2, -0.15) is 0 Å². The Morgan fingerprint density at radius 3 is 1.59 bits per heavy atom. The van der Waals surface area contributed by atoms with Crippen molar-refractivity contribution >= 4 is 78.0 Å². The molecule has 2 fully saturated rings. The lowest BCUT2D eigenvalue weighted by molar-refractivity contribution is -0.137. The summed E-state index contributed by atoms with van der Waals surface area (Å²) in [6, 6.07) is 30.8. The van der Waals surface area contributed by atoms with Crippen LogP contribution in [0.15, 0.2) is 106 Å². The second-order valence-corrected chi connectivity index (χ2v) is 22.0. The summed E-state index contributed by atoms with van der Waals surface area (Å²) in [7, 11) is 0. The molecule has 6 N–H and O–H groups in total. The van der Waals surface area contributed by atoms with Gasteiger partial charge in [-0.25, -0.2) is 19.6 Å². The van der Waals surface area contributed by atoms with E-state index in [0.717, 1.165) is 79.7 Å². The van der Waals surface area contributed by atoms with E-state index in [1.165, 1.54) is 12.8 Å². The van der Waals surface area contributed by atoms with Gasteiger partial charge in [0.1, 0.15) is 22.9 Å². The largest absolute Gasteiger partial charge is 0.481 e. The van der Waals surface area contributed by atoms with Gasteiger partial charge in [0, 0.05) is 58.9 Å². The first-order valence-corrected chi connectivity index (χ1v) is 25.9. The predicted molar refractivity (Wildman–Crippen MR) is 284 cm³/mol. The van der Waals surface area contributed by atoms with Crippen molar-refractivity contribution in [1.29, 1.82) is 0 Å². The summed E-state index contributed by atoms with van der Waals surface area (Å²) in [6.45, 7) is 14.3. The van der Waals surface area contributed by atoms with E-state index < -0.39 is 35.4 Å². The van der Waals surface area contributed by atoms with Crippen molar-refractivity contribution in [1.82, 2.24) is 40.8 Å². The average molecular weight is 1100 g/mol. The van der Waals surface area contributed by atoms with E-state index in [1.54, 1.807) is 20.8 Å². The minimum absolute atomic E-state index is 0.0315. The summed E-state index contributed by atoms with van der Waals surface area (Å²) in [5.74, 6) is 1.87. The quantitative estimate of drug-likeness (QED) is 0.0684. The van der Waals surface area contributed by atoms with Crippen LogP contribution in [-0.2, 0) is 31.9 Å². The maximum Gasteiger partial charge on any atom is 0.407 e. The van der Waals surface area contributed by atoms with Crippen LogP contribution in [0.5, 0.6) is 0 Å². The first-order chi connectivity index (χ1) is 33.7. The minimum Gasteiger partial charge on any atom is -0.481 e. The molecule has 6 aromatic rings. The Morgan fingerprint density at radius 2 is 1.14 bits per heavy atom. The van der Waals surface area contributed by atoms with Crippen molar-refractivity contribution in [3.05, 3.63) is 129 Å². The smallest absolute Gasteiger partial charge is 0.407 e. The number of rotatable bonds is 12. The molecule has 0 radical (unpaired) electrons. The first-order valence-electron chi connectivity index (χ1n) is 24.3. The van der Waals surface area contributed by atoms with Crippen LogP contribution < -0.4 is 16.0 Å². The molecule has 2 aliphatic heterocycles. The molecule has 15 nitrogen and oxygen atoms in total. The van der Waals surface area contributed by atoms with Crippen LogP contribution in [0, 0.1) is 0 Å². The number of ether oxygens (including phenoxy) is 2. The zero-order valence-corrected chi connectivity index (χ0v) is 44.7. The molecule has 0 aliphatic carbocycles. The van der Waals surface area contributed by atoms with Gasteiger partial charge in [-0.05, 0) is 146 Å². The number of benzene rings is 4. The number of carboxylic acids is 1. The molecule has 2 aliphatic rings. The monoisotopic (exact) mass is 1100 g/mol. The minimum atomic E-state index is -0.965. The summed E-state index contributed by atoms with van der Waals surface area (Å²) in [6.07, 6.45) is 4.31. The van der Waals surface area contributed by atoms with Crippen molar-refractivity contribution in [2.75, 3.05) is 26.2 Å². The van der Waals surface area contributed by atoms with Gasteiger partial charge in [-0.1, -0.05) is 80.4 Å². The molecule has 0 spiro atoms. The molecular weight excluding hydrogens is 1030 g/mol. The number of nitrogens with one attached hydrogen (secondary N) is 5. The Morgan fingerprint density at radius 1 is 0.676 bits per heavy atom. The van der Waals surface area contributed by atoms with Crippen LogP contribution in [0.1, 0.15) is 115 Å². The number of imidazole rings is 2. The van der Waals surface area contributed by atoms with Gasteiger partial charge >= 0.3 is 18.2 Å². The van der Waals surface area contributed by atoms with E-state index in [0.29, 0.717) is 31.8 Å². The summed E-state index contributed by atoms with van der Waals surface area (Å²) in [5.41, 5.74) is 4.96. The van der Waals surface area contributed by atoms with Gasteiger partial charge in [0.05, 0.1) is 28.5 Å². The highest BCUT2D eigenvalue weighted by Crippen LogP contribution is 2.28. The second kappa shape index (κ2) is 25.6. The van der Waals surface area contributed by atoms with E-state index in [2.05, 4.69) is 74.9 Å². The summed E-state index contributed by atoms with van der Waals surface area (Å²) >= 11 is 6.80. The highest BCUT2D eigenvalue weighted by Gasteiger charge is 2.30. The van der Waals surface area contributed by atoms with Gasteiger partial charge in [0.25, 0.3) is 0 Å². The fourth-order valence-corrected chi connectivity index (χ4v) is 9.03. The third-order valence-corrected chi connectivity index (χ3v) is 12.8. The van der Waals surface area contributed by atoms with E-state index in [9.17, 15) is 19.2 Å². The number of H-pyrrole nitrogens is 2. The Kier molecular flexibility index (Phi) is 19.6. The molecule has 71 heavy (non-hydrogen) atoms. The molecular formula is C54H68Br2N8O7. The Labute approximate surface area is 433 Å². The fraction of sp³-hybridized carbons (Fsp3) is 0.444. The molecule has 17 heteroatoms. The molecule has 0 unspecified atom stereocenters. The van der Waals surface area contributed by atoms with Crippen molar-refractivity contribution < 1.29 is 33.8 Å². The fourth-order valence-electron chi connectivity index (χ4n) is 8.50. The zero-order chi connectivity index (χ0) is 51.1. The molecule has 0 bridgehead atoms. The zero-order valence-electron chi connectivity index (χ0n) is 41.5. The number of nitrogens with zero attached hydrogens (tertiary/aromatic N) is 3. The lowest BCUT2D eigenvalue weighted by atomic mass is 9.96. The van der Waals surface area contributed by atoms with Crippen LogP contribution in [0.2, 0.25) is 0 Å². The number of amides is 3. The number of aromatic nitrogens is 4. The van der Waals surface area contributed by atoms with Crippen molar-refractivity contribution in [3.8, 4) is 0 Å². The number of carboxylic acid groups (broad SMARTS) is 1. The molecule has 3 amide bonds. The lowest BCUT2D eigenvalue weighted by Crippen LogP contribution is -2.45. The molecule has 380 valence electrons. The summed E-state index contributed by atoms with van der Waals surface area (Å²) in [4.78, 5) is 66.7. The third-order valence-electron chi connectivity index (χ3n) is 11.7. The number of aliphatic carboxylic acids is 1. The standard InChI is InChI=1S/C27H33BrN4O3.C15H20BrNO4.C12H15N3/c1-27(2,3)35-26(34)29-21(15-18-10-12-20(28)13-11-18)16-24(33)32-14-6-7-19(17-32)25-30-22-8-4-5-9-23(22)31-25;1-15(2,3)21-14(20)17-12(9-13(18)19)8-10-4-6-11(16)7-5-10;1-2-6-11-10(5-1)14-12(15-11)9-4-3-7-13-8-9/h4-5,8-13,19,21H,6-7,14-17H2,1-3H3,(H,29,34)(H,30,31);4-7,12H,8-9H2,1-3H3,(H,17,20)(H,18,19);1-2,5-6,9,13H,3-4,7-8H2,(H,14,15)/t19-,21-;12-;9-/m111/s1. The van der Waals surface area contributed by atoms with E-state index in [4.69, 9.17) is 19.6 Å². The number of halogens is 2. The second-order valence-electron chi connectivity index (χ2n) is 20.2. The predicted octanol–water partition coefficient (Wildman–Crippen LogP) is 10.9. The molecule has 4 aromatic carbocycles. The van der Waals surface area contributed by atoms with Gasteiger partial charge < -0.3 is 45.4 Å². The maximum atomic E-state index is 13.4. The van der Waals surface area contributed by atoms with E-state index >= 15 is 0 Å². The van der Waals surface area contributed by atoms with Crippen LogP contribution >= 0.6 is 31.9 Å². The van der Waals surface area contributed by atoms with Crippen LogP contribution in [0.25, 0.3) is 22.1 Å². The van der Waals surface area contributed by atoms with Gasteiger partial charge in [0.2, 0.25) is 5.91 Å². The number of piperidine rings is 2. The van der Waals surface area contributed by atoms with Gasteiger partial charge in [-0.15, -0.1) is 0 Å². The summed E-state index contributed by atoms with van der Waals surface area (Å²) < 4.78 is 12.5. The van der Waals surface area contributed by atoms with Gasteiger partial charge in [0.15, 0.2) is 0 Å². The average Bonchev–Trinajstić information content (AvgIpc) is 3.95. The maximum absolute atomic E-state index is 13.4. The molecule has 2 saturated heterocycles. The molecule has 4 atom stereocenters. The first kappa shape index (κ1) is 54.6. The number of para-hydroxylation sites is 4. The van der Waals surface area contributed by atoms with E-state index in [1.807, 2.05) is 111 Å². The number of fused-ring (bicyclic) bond motifs is 2.